The predicted molar refractivity (Wildman–Crippen MR) is 107 cm³/mol. The van der Waals surface area contributed by atoms with E-state index in [1.807, 2.05) is 13.8 Å². The van der Waals surface area contributed by atoms with Crippen LogP contribution in [0.15, 0.2) is 4.99 Å². The lowest BCUT2D eigenvalue weighted by atomic mass is 10.3. The molecule has 0 radical (unpaired) electrons. The first-order valence-electron chi connectivity index (χ1n) is 7.91. The molecule has 0 bridgehead atoms. The third-order valence-electron chi connectivity index (χ3n) is 2.99. The Morgan fingerprint density at radius 2 is 1.87 bits per heavy atom. The highest BCUT2D eigenvalue weighted by Gasteiger charge is 2.04. The summed E-state index contributed by atoms with van der Waals surface area (Å²) in [6, 6.07) is 0.179. The van der Waals surface area contributed by atoms with Crippen molar-refractivity contribution in [2.75, 3.05) is 54.0 Å². The number of halogens is 1. The maximum absolute atomic E-state index is 11.5. The van der Waals surface area contributed by atoms with Crippen LogP contribution in [0.5, 0.6) is 0 Å². The molecule has 0 unspecified atom stereocenters. The van der Waals surface area contributed by atoms with Gasteiger partial charge in [0.1, 0.15) is 0 Å². The minimum atomic E-state index is 0. The van der Waals surface area contributed by atoms with Crippen LogP contribution in [0.25, 0.3) is 0 Å². The van der Waals surface area contributed by atoms with Gasteiger partial charge in [0, 0.05) is 59.4 Å². The standard InChI is InChI=1S/C15H33N5O2.HI/c1-13(2)19-14(21)7-8-17-15(16-3)18-9-11-20(4)10-6-12-22-5;/h13H,6-12H2,1-5H3,(H,19,21)(H2,16,17,18);1H. The first-order valence-corrected chi connectivity index (χ1v) is 7.91. The molecule has 0 aromatic heterocycles. The Bertz CT molecular complexity index is 327. The summed E-state index contributed by atoms with van der Waals surface area (Å²) in [4.78, 5) is 17.9. The van der Waals surface area contributed by atoms with E-state index in [0.29, 0.717) is 13.0 Å². The van der Waals surface area contributed by atoms with Gasteiger partial charge in [-0.3, -0.25) is 9.79 Å². The lowest BCUT2D eigenvalue weighted by Gasteiger charge is -2.18. The number of carbonyl (C=O) groups excluding carboxylic acids is 1. The van der Waals surface area contributed by atoms with Gasteiger partial charge in [0.2, 0.25) is 5.91 Å². The second-order valence-corrected chi connectivity index (χ2v) is 5.55. The van der Waals surface area contributed by atoms with Gasteiger partial charge in [0.05, 0.1) is 0 Å². The number of rotatable bonds is 11. The van der Waals surface area contributed by atoms with Crippen LogP contribution in [0.3, 0.4) is 0 Å². The first kappa shape index (κ1) is 24.6. The maximum atomic E-state index is 11.5. The number of nitrogens with one attached hydrogen (secondary N) is 3. The number of ether oxygens (including phenoxy) is 1. The smallest absolute Gasteiger partial charge is 0.221 e. The predicted octanol–water partition coefficient (Wildman–Crippen LogP) is 0.652. The molecule has 0 fully saturated rings. The van der Waals surface area contributed by atoms with Crippen LogP contribution in [0.4, 0.5) is 0 Å². The van der Waals surface area contributed by atoms with Crippen molar-refractivity contribution in [1.29, 1.82) is 0 Å². The third-order valence-corrected chi connectivity index (χ3v) is 2.99. The molecule has 23 heavy (non-hydrogen) atoms. The Labute approximate surface area is 158 Å². The number of guanidine groups is 1. The largest absolute Gasteiger partial charge is 0.385 e. The Balaban J connectivity index is 0. The number of hydrogen-bond acceptors (Lipinski definition) is 4. The molecular weight excluding hydrogens is 409 g/mol. The molecule has 0 aromatic rings. The van der Waals surface area contributed by atoms with Crippen molar-refractivity contribution in [1.82, 2.24) is 20.9 Å². The number of methoxy groups -OCH3 is 1. The van der Waals surface area contributed by atoms with Gasteiger partial charge in [-0.15, -0.1) is 24.0 Å². The van der Waals surface area contributed by atoms with E-state index in [9.17, 15) is 4.79 Å². The fourth-order valence-corrected chi connectivity index (χ4v) is 1.86. The number of aliphatic imine (C=N–C) groups is 1. The lowest BCUT2D eigenvalue weighted by Crippen LogP contribution is -2.42. The summed E-state index contributed by atoms with van der Waals surface area (Å²) in [6.07, 6.45) is 1.47. The van der Waals surface area contributed by atoms with Crippen LogP contribution in [-0.4, -0.2) is 76.8 Å². The highest BCUT2D eigenvalue weighted by atomic mass is 127. The molecule has 8 heteroatoms. The minimum absolute atomic E-state index is 0. The fraction of sp³-hybridized carbons (Fsp3) is 0.867. The average molecular weight is 443 g/mol. The van der Waals surface area contributed by atoms with Crippen molar-refractivity contribution in [2.45, 2.75) is 32.7 Å². The van der Waals surface area contributed by atoms with Gasteiger partial charge < -0.3 is 25.6 Å². The maximum Gasteiger partial charge on any atom is 0.221 e. The molecule has 0 saturated carbocycles. The van der Waals surface area contributed by atoms with Crippen LogP contribution in [0, 0.1) is 0 Å². The Hall–Kier alpha value is -0.610. The third kappa shape index (κ3) is 16.0. The van der Waals surface area contributed by atoms with Gasteiger partial charge in [-0.1, -0.05) is 0 Å². The van der Waals surface area contributed by atoms with Crippen molar-refractivity contribution in [3.05, 3.63) is 0 Å². The van der Waals surface area contributed by atoms with Gasteiger partial charge >= 0.3 is 0 Å². The molecule has 0 saturated heterocycles. The molecule has 0 aliphatic heterocycles. The van der Waals surface area contributed by atoms with Gasteiger partial charge in [0.15, 0.2) is 5.96 Å². The van der Waals surface area contributed by atoms with Gasteiger partial charge in [-0.25, -0.2) is 0 Å². The zero-order valence-corrected chi connectivity index (χ0v) is 17.5. The number of likely N-dealkylation sites (N-methyl/N-ethyl adjacent to an activating group) is 1. The molecule has 0 rings (SSSR count). The highest BCUT2D eigenvalue weighted by Crippen LogP contribution is 1.87. The van der Waals surface area contributed by atoms with Crippen molar-refractivity contribution in [2.24, 2.45) is 4.99 Å². The van der Waals surface area contributed by atoms with Crippen LogP contribution in [-0.2, 0) is 9.53 Å². The molecule has 0 aliphatic carbocycles. The second kappa shape index (κ2) is 16.3. The van der Waals surface area contributed by atoms with Crippen LogP contribution < -0.4 is 16.0 Å². The molecule has 0 spiro atoms. The SMILES string of the molecule is CN=C(NCCC(=O)NC(C)C)NCCN(C)CCCOC.I. The fourth-order valence-electron chi connectivity index (χ4n) is 1.86. The van der Waals surface area contributed by atoms with Gasteiger partial charge in [-0.05, 0) is 27.3 Å². The van der Waals surface area contributed by atoms with E-state index in [1.54, 1.807) is 14.2 Å². The van der Waals surface area contributed by atoms with E-state index in [1.165, 1.54) is 0 Å². The summed E-state index contributed by atoms with van der Waals surface area (Å²) in [5, 5.41) is 9.24. The summed E-state index contributed by atoms with van der Waals surface area (Å²) in [5.41, 5.74) is 0. The van der Waals surface area contributed by atoms with E-state index in [-0.39, 0.29) is 35.9 Å². The summed E-state index contributed by atoms with van der Waals surface area (Å²) >= 11 is 0. The second-order valence-electron chi connectivity index (χ2n) is 5.55. The molecule has 0 atom stereocenters. The number of amides is 1. The summed E-state index contributed by atoms with van der Waals surface area (Å²) in [5.74, 6) is 0.776. The van der Waals surface area contributed by atoms with Crippen LogP contribution in [0.2, 0.25) is 0 Å². The number of carbonyl (C=O) groups is 1. The van der Waals surface area contributed by atoms with E-state index >= 15 is 0 Å². The van der Waals surface area contributed by atoms with E-state index in [0.717, 1.165) is 38.6 Å². The monoisotopic (exact) mass is 443 g/mol. The molecule has 138 valence electrons. The summed E-state index contributed by atoms with van der Waals surface area (Å²) in [6.45, 7) is 8.02. The molecule has 0 aliphatic rings. The topological polar surface area (TPSA) is 78.0 Å². The number of hydrogen-bond donors (Lipinski definition) is 3. The Kier molecular flexibility index (Phi) is 17.4. The normalized spacial score (nSPS) is 11.3. The van der Waals surface area contributed by atoms with E-state index in [4.69, 9.17) is 4.74 Å². The molecule has 7 nitrogen and oxygen atoms in total. The Morgan fingerprint density at radius 1 is 1.22 bits per heavy atom. The molecule has 0 aromatic carbocycles. The minimum Gasteiger partial charge on any atom is -0.385 e. The van der Waals surface area contributed by atoms with Crippen LogP contribution >= 0.6 is 24.0 Å². The van der Waals surface area contributed by atoms with Gasteiger partial charge in [0.25, 0.3) is 0 Å². The zero-order valence-electron chi connectivity index (χ0n) is 15.1. The zero-order chi connectivity index (χ0) is 16.8. The molecule has 3 N–H and O–H groups in total. The molecule has 0 heterocycles. The van der Waals surface area contributed by atoms with Crippen molar-refractivity contribution < 1.29 is 9.53 Å². The van der Waals surface area contributed by atoms with Crippen LogP contribution in [0.1, 0.15) is 26.7 Å². The summed E-state index contributed by atoms with van der Waals surface area (Å²) < 4.78 is 5.04. The number of nitrogens with zero attached hydrogens (tertiary/aromatic N) is 2. The average Bonchev–Trinajstić information content (AvgIpc) is 2.45. The molecule has 1 amide bonds. The van der Waals surface area contributed by atoms with Crippen molar-refractivity contribution in [3.63, 3.8) is 0 Å². The quantitative estimate of drug-likeness (QED) is 0.189. The van der Waals surface area contributed by atoms with Gasteiger partial charge in [-0.2, -0.15) is 0 Å². The summed E-state index contributed by atoms with van der Waals surface area (Å²) in [7, 11) is 5.54. The molecular formula is C15H34IN5O2. The van der Waals surface area contributed by atoms with E-state index < -0.39 is 0 Å². The van der Waals surface area contributed by atoms with Crippen molar-refractivity contribution in [3.8, 4) is 0 Å². The Morgan fingerprint density at radius 3 is 2.43 bits per heavy atom. The highest BCUT2D eigenvalue weighted by molar-refractivity contribution is 14.0. The van der Waals surface area contributed by atoms with Crippen molar-refractivity contribution >= 4 is 35.8 Å². The lowest BCUT2D eigenvalue weighted by molar-refractivity contribution is -0.121. The van der Waals surface area contributed by atoms with E-state index in [2.05, 4.69) is 32.9 Å². The first-order chi connectivity index (χ1) is 10.5.